The van der Waals surface area contributed by atoms with Gasteiger partial charge in [-0.05, 0) is 25.0 Å². The van der Waals surface area contributed by atoms with Gasteiger partial charge in [0.1, 0.15) is 12.4 Å². The summed E-state index contributed by atoms with van der Waals surface area (Å²) in [5, 5.41) is 4.74. The molecule has 0 aromatic heterocycles. The SMILES string of the molecule is Clc1ccc(Cl)c(OCCNC2CCCC2)c1. The highest BCUT2D eigenvalue weighted by Crippen LogP contribution is 2.27. The van der Waals surface area contributed by atoms with Crippen molar-refractivity contribution in [2.75, 3.05) is 13.2 Å². The van der Waals surface area contributed by atoms with Gasteiger partial charge in [0.2, 0.25) is 0 Å². The molecule has 1 fully saturated rings. The largest absolute Gasteiger partial charge is 0.491 e. The van der Waals surface area contributed by atoms with Crippen molar-refractivity contribution >= 4 is 23.2 Å². The molecule has 94 valence electrons. The van der Waals surface area contributed by atoms with Crippen LogP contribution in [0.3, 0.4) is 0 Å². The fourth-order valence-electron chi connectivity index (χ4n) is 2.14. The summed E-state index contributed by atoms with van der Waals surface area (Å²) >= 11 is 11.9. The third kappa shape index (κ3) is 4.06. The molecular weight excluding hydrogens is 257 g/mol. The first-order valence-corrected chi connectivity index (χ1v) is 6.82. The molecule has 0 spiro atoms. The molecule has 1 aromatic carbocycles. The highest BCUT2D eigenvalue weighted by Gasteiger charge is 2.13. The zero-order valence-electron chi connectivity index (χ0n) is 9.72. The first kappa shape index (κ1) is 13.0. The van der Waals surface area contributed by atoms with Crippen molar-refractivity contribution in [3.05, 3.63) is 28.2 Å². The average Bonchev–Trinajstić information content (AvgIpc) is 2.82. The van der Waals surface area contributed by atoms with E-state index in [-0.39, 0.29) is 0 Å². The molecule has 0 unspecified atom stereocenters. The lowest BCUT2D eigenvalue weighted by Gasteiger charge is -2.13. The van der Waals surface area contributed by atoms with Crippen LogP contribution in [-0.2, 0) is 0 Å². The van der Waals surface area contributed by atoms with Crippen LogP contribution < -0.4 is 10.1 Å². The lowest BCUT2D eigenvalue weighted by molar-refractivity contribution is 0.305. The Kier molecular flexibility index (Phi) is 4.96. The van der Waals surface area contributed by atoms with Gasteiger partial charge in [-0.25, -0.2) is 0 Å². The molecule has 0 saturated heterocycles. The molecule has 0 amide bonds. The van der Waals surface area contributed by atoms with E-state index in [1.807, 2.05) is 0 Å². The summed E-state index contributed by atoms with van der Waals surface area (Å²) in [6.07, 6.45) is 5.27. The van der Waals surface area contributed by atoms with Crippen LogP contribution in [0.15, 0.2) is 18.2 Å². The Morgan fingerprint density at radius 1 is 1.24 bits per heavy atom. The highest BCUT2D eigenvalue weighted by atomic mass is 35.5. The van der Waals surface area contributed by atoms with Crippen LogP contribution in [0.4, 0.5) is 0 Å². The third-order valence-electron chi connectivity index (χ3n) is 3.04. The minimum absolute atomic E-state index is 0.607. The molecule has 1 aliphatic carbocycles. The second-order valence-corrected chi connectivity index (χ2v) is 5.20. The zero-order valence-corrected chi connectivity index (χ0v) is 11.2. The lowest BCUT2D eigenvalue weighted by Crippen LogP contribution is -2.30. The predicted molar refractivity (Wildman–Crippen MR) is 72.2 cm³/mol. The molecule has 1 aromatic rings. The van der Waals surface area contributed by atoms with E-state index in [4.69, 9.17) is 27.9 Å². The topological polar surface area (TPSA) is 21.3 Å². The van der Waals surface area contributed by atoms with Crippen LogP contribution in [0.5, 0.6) is 5.75 Å². The zero-order chi connectivity index (χ0) is 12.1. The lowest BCUT2D eigenvalue weighted by atomic mass is 10.2. The van der Waals surface area contributed by atoms with Crippen molar-refractivity contribution in [1.82, 2.24) is 5.32 Å². The second-order valence-electron chi connectivity index (χ2n) is 4.36. The maximum absolute atomic E-state index is 6.00. The van der Waals surface area contributed by atoms with Gasteiger partial charge in [-0.1, -0.05) is 36.0 Å². The molecule has 0 radical (unpaired) electrons. The Hall–Kier alpha value is -0.440. The summed E-state index contributed by atoms with van der Waals surface area (Å²) in [5.74, 6) is 0.660. The second kappa shape index (κ2) is 6.48. The van der Waals surface area contributed by atoms with E-state index >= 15 is 0 Å². The Balaban J connectivity index is 1.72. The molecule has 1 aliphatic rings. The van der Waals surface area contributed by atoms with Crippen molar-refractivity contribution in [2.24, 2.45) is 0 Å². The molecule has 0 atom stereocenters. The van der Waals surface area contributed by atoms with Crippen molar-refractivity contribution in [3.8, 4) is 5.75 Å². The van der Waals surface area contributed by atoms with Gasteiger partial charge in [0.25, 0.3) is 0 Å². The van der Waals surface area contributed by atoms with E-state index in [9.17, 15) is 0 Å². The minimum atomic E-state index is 0.607. The fraction of sp³-hybridized carbons (Fsp3) is 0.538. The predicted octanol–water partition coefficient (Wildman–Crippen LogP) is 3.90. The third-order valence-corrected chi connectivity index (χ3v) is 3.59. The number of halogens is 2. The van der Waals surface area contributed by atoms with Crippen molar-refractivity contribution < 1.29 is 4.74 Å². The van der Waals surface area contributed by atoms with Crippen molar-refractivity contribution in [3.63, 3.8) is 0 Å². The Bertz CT molecular complexity index is 364. The van der Waals surface area contributed by atoms with E-state index in [0.717, 1.165) is 6.54 Å². The summed E-state index contributed by atoms with van der Waals surface area (Å²) in [5.41, 5.74) is 0. The summed E-state index contributed by atoms with van der Waals surface area (Å²) in [7, 11) is 0. The van der Waals surface area contributed by atoms with Gasteiger partial charge in [0, 0.05) is 23.7 Å². The molecule has 4 heteroatoms. The van der Waals surface area contributed by atoms with Crippen LogP contribution in [0.2, 0.25) is 10.0 Å². The van der Waals surface area contributed by atoms with Crippen molar-refractivity contribution in [2.45, 2.75) is 31.7 Å². The van der Waals surface area contributed by atoms with Gasteiger partial charge in [-0.3, -0.25) is 0 Å². The molecule has 0 heterocycles. The summed E-state index contributed by atoms with van der Waals surface area (Å²) in [6, 6.07) is 5.93. The van der Waals surface area contributed by atoms with Gasteiger partial charge in [-0.15, -0.1) is 0 Å². The molecule has 2 rings (SSSR count). The number of hydrogen-bond acceptors (Lipinski definition) is 2. The van der Waals surface area contributed by atoms with Gasteiger partial charge in [0.15, 0.2) is 0 Å². The molecule has 2 nitrogen and oxygen atoms in total. The molecule has 0 bridgehead atoms. The van der Waals surface area contributed by atoms with Crippen molar-refractivity contribution in [1.29, 1.82) is 0 Å². The highest BCUT2D eigenvalue weighted by molar-refractivity contribution is 6.34. The summed E-state index contributed by atoms with van der Waals surface area (Å²) in [4.78, 5) is 0. The van der Waals surface area contributed by atoms with Crippen LogP contribution >= 0.6 is 23.2 Å². The Morgan fingerprint density at radius 2 is 2.00 bits per heavy atom. The van der Waals surface area contributed by atoms with Gasteiger partial charge in [-0.2, -0.15) is 0 Å². The van der Waals surface area contributed by atoms with E-state index in [2.05, 4.69) is 5.32 Å². The van der Waals surface area contributed by atoms with E-state index in [1.54, 1.807) is 18.2 Å². The molecule has 1 N–H and O–H groups in total. The maximum Gasteiger partial charge on any atom is 0.139 e. The molecule has 0 aliphatic heterocycles. The van der Waals surface area contributed by atoms with Gasteiger partial charge in [0.05, 0.1) is 5.02 Å². The van der Waals surface area contributed by atoms with E-state index in [1.165, 1.54) is 25.7 Å². The number of rotatable bonds is 5. The number of hydrogen-bond donors (Lipinski definition) is 1. The minimum Gasteiger partial charge on any atom is -0.491 e. The number of ether oxygens (including phenoxy) is 1. The monoisotopic (exact) mass is 273 g/mol. The first-order valence-electron chi connectivity index (χ1n) is 6.07. The number of nitrogens with one attached hydrogen (secondary N) is 1. The van der Waals surface area contributed by atoms with Crippen LogP contribution in [0, 0.1) is 0 Å². The van der Waals surface area contributed by atoms with Crippen LogP contribution in [0.1, 0.15) is 25.7 Å². The average molecular weight is 274 g/mol. The van der Waals surface area contributed by atoms with Gasteiger partial charge < -0.3 is 10.1 Å². The normalized spacial score (nSPS) is 16.4. The van der Waals surface area contributed by atoms with Gasteiger partial charge >= 0.3 is 0 Å². The Labute approximate surface area is 112 Å². The Morgan fingerprint density at radius 3 is 2.76 bits per heavy atom. The van der Waals surface area contributed by atoms with Crippen LogP contribution in [0.25, 0.3) is 0 Å². The molecule has 1 saturated carbocycles. The molecule has 17 heavy (non-hydrogen) atoms. The summed E-state index contributed by atoms with van der Waals surface area (Å²) in [6.45, 7) is 1.48. The van der Waals surface area contributed by atoms with E-state index in [0.29, 0.717) is 28.4 Å². The fourth-order valence-corrected chi connectivity index (χ4v) is 2.48. The standard InChI is InChI=1S/C13H17Cl2NO/c14-10-5-6-12(15)13(9-10)17-8-7-16-11-3-1-2-4-11/h5-6,9,11,16H,1-4,7-8H2. The molecular formula is C13H17Cl2NO. The first-order chi connectivity index (χ1) is 8.25. The van der Waals surface area contributed by atoms with E-state index < -0.39 is 0 Å². The summed E-state index contributed by atoms with van der Waals surface area (Å²) < 4.78 is 5.60. The van der Waals surface area contributed by atoms with Crippen LogP contribution in [-0.4, -0.2) is 19.2 Å². The smallest absolute Gasteiger partial charge is 0.139 e. The number of benzene rings is 1. The maximum atomic E-state index is 6.00. The quantitative estimate of drug-likeness (QED) is 0.822.